The van der Waals surface area contributed by atoms with E-state index in [1.165, 1.54) is 0 Å². The predicted octanol–water partition coefficient (Wildman–Crippen LogP) is 2.75. The summed E-state index contributed by atoms with van der Waals surface area (Å²) in [5, 5.41) is 7.12. The average molecular weight is 444 g/mol. The number of amides is 1. The number of carboxylic acid groups (broad SMARTS) is 1. The molecule has 1 N–H and O–H groups in total. The van der Waals surface area contributed by atoms with Gasteiger partial charge in [-0.25, -0.2) is 4.79 Å². The fourth-order valence-electron chi connectivity index (χ4n) is 4.08. The fourth-order valence-corrected chi connectivity index (χ4v) is 4.08. The molecule has 10 heteroatoms. The number of hydrogen-bond donors (Lipinski definition) is 1. The van der Waals surface area contributed by atoms with E-state index in [0.717, 1.165) is 44.7 Å². The molecule has 0 radical (unpaired) electrons. The zero-order chi connectivity index (χ0) is 22.6. The van der Waals surface area contributed by atoms with E-state index < -0.39 is 12.1 Å². The lowest BCUT2D eigenvalue weighted by atomic mass is 9.91. The number of pyridine rings is 1. The number of alkyl halides is 3. The first-order valence-corrected chi connectivity index (χ1v) is 10.3. The number of likely N-dealkylation sites (tertiary alicyclic amines) is 1. The number of halogens is 3. The molecule has 1 aromatic rings. The first-order chi connectivity index (χ1) is 14.7. The highest BCUT2D eigenvalue weighted by molar-refractivity contribution is 5.82. The molecular formula is C21H27F3N2O5. The van der Waals surface area contributed by atoms with E-state index in [4.69, 9.17) is 19.4 Å². The fraction of sp³-hybridized carbons (Fsp3) is 0.667. The summed E-state index contributed by atoms with van der Waals surface area (Å²) in [7, 11) is 0. The van der Waals surface area contributed by atoms with E-state index in [1.54, 1.807) is 12.4 Å². The molecule has 172 valence electrons. The van der Waals surface area contributed by atoms with Crippen molar-refractivity contribution in [2.24, 2.45) is 23.7 Å². The van der Waals surface area contributed by atoms with E-state index in [0.29, 0.717) is 30.3 Å². The minimum Gasteiger partial charge on any atom is -0.475 e. The maximum Gasteiger partial charge on any atom is 0.490 e. The lowest BCUT2D eigenvalue weighted by Crippen LogP contribution is -2.32. The normalized spacial score (nSPS) is 29.2. The number of carbonyl (C=O) groups excluding carboxylic acids is 1. The first kappa shape index (κ1) is 23.5. The Morgan fingerprint density at radius 1 is 1.29 bits per heavy atom. The molecule has 0 bridgehead atoms. The van der Waals surface area contributed by atoms with Crippen LogP contribution in [0.3, 0.4) is 0 Å². The Balaban J connectivity index is 0.000000339. The number of carbonyl (C=O) groups is 2. The summed E-state index contributed by atoms with van der Waals surface area (Å²) in [5.74, 6) is -0.530. The van der Waals surface area contributed by atoms with Crippen LogP contribution in [0.4, 0.5) is 13.2 Å². The second kappa shape index (κ2) is 9.95. The van der Waals surface area contributed by atoms with E-state index in [1.807, 2.05) is 17.0 Å². The van der Waals surface area contributed by atoms with Crippen LogP contribution in [-0.2, 0) is 25.7 Å². The van der Waals surface area contributed by atoms with Crippen LogP contribution in [0.2, 0.25) is 0 Å². The molecular weight excluding hydrogens is 417 g/mol. The summed E-state index contributed by atoms with van der Waals surface area (Å²) in [4.78, 5) is 27.4. The number of fused-ring (bicyclic) bond motifs is 1. The lowest BCUT2D eigenvalue weighted by Gasteiger charge is -2.20. The maximum absolute atomic E-state index is 12.4. The van der Waals surface area contributed by atoms with Gasteiger partial charge in [0.25, 0.3) is 0 Å². The van der Waals surface area contributed by atoms with Gasteiger partial charge in [-0.3, -0.25) is 9.78 Å². The van der Waals surface area contributed by atoms with Crippen molar-refractivity contribution >= 4 is 11.9 Å². The third-order valence-electron chi connectivity index (χ3n) is 6.07. The zero-order valence-corrected chi connectivity index (χ0v) is 17.3. The molecule has 31 heavy (non-hydrogen) atoms. The summed E-state index contributed by atoms with van der Waals surface area (Å²) in [6.07, 6.45) is 0.817. The number of aliphatic carboxylic acids is 1. The molecule has 2 aliphatic heterocycles. The molecule has 0 spiro atoms. The molecule has 2 unspecified atom stereocenters. The van der Waals surface area contributed by atoms with Gasteiger partial charge in [0.1, 0.15) is 0 Å². The quantitative estimate of drug-likeness (QED) is 0.679. The van der Waals surface area contributed by atoms with Crippen molar-refractivity contribution in [1.29, 1.82) is 0 Å². The van der Waals surface area contributed by atoms with Gasteiger partial charge in [0.15, 0.2) is 0 Å². The molecule has 4 rings (SSSR count). The first-order valence-electron chi connectivity index (χ1n) is 10.3. The van der Waals surface area contributed by atoms with Crippen molar-refractivity contribution < 1.29 is 37.3 Å². The van der Waals surface area contributed by atoms with Crippen molar-refractivity contribution in [3.63, 3.8) is 0 Å². The molecule has 3 heterocycles. The Labute approximate surface area is 178 Å². The smallest absolute Gasteiger partial charge is 0.475 e. The highest BCUT2D eigenvalue weighted by atomic mass is 19.4. The number of aromatic nitrogens is 1. The molecule has 2 saturated heterocycles. The van der Waals surface area contributed by atoms with E-state index in [-0.39, 0.29) is 12.0 Å². The van der Waals surface area contributed by atoms with Crippen LogP contribution in [0.1, 0.15) is 25.3 Å². The van der Waals surface area contributed by atoms with Gasteiger partial charge >= 0.3 is 12.1 Å². The molecule has 1 amide bonds. The second-order valence-electron chi connectivity index (χ2n) is 8.36. The van der Waals surface area contributed by atoms with Crippen LogP contribution >= 0.6 is 0 Å². The number of rotatable bonds is 6. The number of ether oxygens (including phenoxy) is 2. The second-order valence-corrected chi connectivity index (χ2v) is 8.36. The van der Waals surface area contributed by atoms with Crippen LogP contribution in [0.25, 0.3) is 0 Å². The van der Waals surface area contributed by atoms with Gasteiger partial charge in [0.2, 0.25) is 5.91 Å². The molecule has 1 aromatic heterocycles. The molecule has 1 saturated carbocycles. The Morgan fingerprint density at radius 3 is 2.52 bits per heavy atom. The van der Waals surface area contributed by atoms with Gasteiger partial charge in [-0.1, -0.05) is 6.92 Å². The van der Waals surface area contributed by atoms with Crippen molar-refractivity contribution in [2.45, 2.75) is 38.7 Å². The van der Waals surface area contributed by atoms with Gasteiger partial charge in [-0.05, 0) is 42.4 Å². The Hall–Kier alpha value is -2.20. The van der Waals surface area contributed by atoms with Crippen molar-refractivity contribution in [2.75, 3.05) is 26.3 Å². The highest BCUT2D eigenvalue weighted by Gasteiger charge is 2.49. The summed E-state index contributed by atoms with van der Waals surface area (Å²) >= 11 is 0. The molecule has 0 aromatic carbocycles. The SMILES string of the molecule is CC1CC1C(=O)N1C[C@H]2[C@@H](CCOCc3ccncc3)CO[C@H]2C1.O=C(O)C(F)(F)F. The summed E-state index contributed by atoms with van der Waals surface area (Å²) < 4.78 is 43.5. The van der Waals surface area contributed by atoms with Crippen molar-refractivity contribution in [1.82, 2.24) is 9.88 Å². The monoisotopic (exact) mass is 444 g/mol. The van der Waals surface area contributed by atoms with E-state index in [9.17, 15) is 18.0 Å². The van der Waals surface area contributed by atoms with Crippen LogP contribution in [-0.4, -0.2) is 65.5 Å². The number of hydrogen-bond acceptors (Lipinski definition) is 5. The number of carboxylic acids is 1. The molecule has 7 nitrogen and oxygen atoms in total. The van der Waals surface area contributed by atoms with Gasteiger partial charge in [-0.15, -0.1) is 0 Å². The van der Waals surface area contributed by atoms with Crippen molar-refractivity contribution in [3.8, 4) is 0 Å². The average Bonchev–Trinajstić information content (AvgIpc) is 3.13. The maximum atomic E-state index is 12.4. The van der Waals surface area contributed by atoms with Gasteiger partial charge < -0.3 is 19.5 Å². The van der Waals surface area contributed by atoms with E-state index >= 15 is 0 Å². The van der Waals surface area contributed by atoms with Crippen LogP contribution < -0.4 is 0 Å². The van der Waals surface area contributed by atoms with E-state index in [2.05, 4.69) is 11.9 Å². The van der Waals surface area contributed by atoms with Gasteiger partial charge in [0.05, 0.1) is 19.3 Å². The summed E-state index contributed by atoms with van der Waals surface area (Å²) in [6, 6.07) is 3.96. The minimum atomic E-state index is -5.08. The number of nitrogens with zero attached hydrogens (tertiary/aromatic N) is 2. The lowest BCUT2D eigenvalue weighted by molar-refractivity contribution is -0.192. The summed E-state index contributed by atoms with van der Waals surface area (Å²) in [6.45, 7) is 6.03. The van der Waals surface area contributed by atoms with Crippen LogP contribution in [0.15, 0.2) is 24.5 Å². The Morgan fingerprint density at radius 2 is 1.94 bits per heavy atom. The topological polar surface area (TPSA) is 89.0 Å². The van der Waals surface area contributed by atoms with Crippen LogP contribution in [0.5, 0.6) is 0 Å². The van der Waals surface area contributed by atoms with Crippen molar-refractivity contribution in [3.05, 3.63) is 30.1 Å². The highest BCUT2D eigenvalue weighted by Crippen LogP contribution is 2.42. The molecule has 3 aliphatic rings. The summed E-state index contributed by atoms with van der Waals surface area (Å²) in [5.41, 5.74) is 1.15. The Kier molecular flexibility index (Phi) is 7.53. The van der Waals surface area contributed by atoms with Crippen LogP contribution in [0, 0.1) is 23.7 Å². The molecule has 3 fully saturated rings. The third-order valence-corrected chi connectivity index (χ3v) is 6.07. The van der Waals surface area contributed by atoms with Gasteiger partial charge in [-0.2, -0.15) is 13.2 Å². The predicted molar refractivity (Wildman–Crippen MR) is 103 cm³/mol. The Bertz CT molecular complexity index is 761. The standard InChI is InChI=1S/C19H26N2O3.C2HF3O2/c1-13-8-16(13)19(22)21-9-17-15(12-24-18(17)10-21)4-7-23-11-14-2-5-20-6-3-14;3-2(4,5)1(6)7/h2-3,5-6,13,15-18H,4,7-12H2,1H3;(H,6,7)/t13?,15-,16?,17-,18-;/m0./s1. The third kappa shape index (κ3) is 6.39. The van der Waals surface area contributed by atoms with Gasteiger partial charge in [0, 0.05) is 43.9 Å². The molecule has 5 atom stereocenters. The minimum absolute atomic E-state index is 0.244. The zero-order valence-electron chi connectivity index (χ0n) is 17.3. The largest absolute Gasteiger partial charge is 0.490 e. The molecule has 1 aliphatic carbocycles.